The van der Waals surface area contributed by atoms with Gasteiger partial charge in [-0.15, -0.1) is 0 Å². The Morgan fingerprint density at radius 2 is 1.00 bits per heavy atom. The fraction of sp³-hybridized carbons (Fsp3) is 0. The Morgan fingerprint density at radius 1 is 1.00 bits per heavy atom. The van der Waals surface area contributed by atoms with Crippen LogP contribution in [-0.4, -0.2) is 43.2 Å². The standard InChI is InChI=1S/Ca.La.Mn.H2O.2H/h;;;1H2;;. The minimum atomic E-state index is 0. The molecule has 0 bridgehead atoms. The van der Waals surface area contributed by atoms with E-state index >= 15 is 0 Å². The molecule has 22 valence electrons. The molecular formula is H4CaLaMnO. The van der Waals surface area contributed by atoms with Gasteiger partial charge in [-0.05, 0) is 0 Å². The third-order valence-electron chi connectivity index (χ3n) is 0. The summed E-state index contributed by atoms with van der Waals surface area (Å²) in [7, 11) is 0. The predicted molar refractivity (Wildman–Crippen MR) is 12.2 cm³/mol. The molecule has 0 aromatic carbocycles. The van der Waals surface area contributed by atoms with Gasteiger partial charge in [0.25, 0.3) is 0 Å². The normalized spacial score (nSPS) is 0. The van der Waals surface area contributed by atoms with Gasteiger partial charge in [0.2, 0.25) is 0 Å². The van der Waals surface area contributed by atoms with Crippen molar-refractivity contribution in [3.05, 3.63) is 0 Å². The second-order valence-corrected chi connectivity index (χ2v) is 0. The first-order chi connectivity index (χ1) is 0. The minimum absolute atomic E-state index is 0. The Kier molecular flexibility index (Phi) is 119. The van der Waals surface area contributed by atoms with Gasteiger partial charge in [-0.25, -0.2) is 0 Å². The first-order valence-corrected chi connectivity index (χ1v) is 0. The van der Waals surface area contributed by atoms with Crippen LogP contribution in [0.15, 0.2) is 0 Å². The smallest absolute Gasteiger partial charge is 0 e. The van der Waals surface area contributed by atoms with E-state index in [9.17, 15) is 0 Å². The summed E-state index contributed by atoms with van der Waals surface area (Å²) >= 11 is 0. The van der Waals surface area contributed by atoms with Gasteiger partial charge in [-0.1, -0.05) is 0 Å². The van der Waals surface area contributed by atoms with Crippen LogP contribution in [-0.2, 0) is 17.1 Å². The first-order valence-electron chi connectivity index (χ1n) is 0. The van der Waals surface area contributed by atoms with Gasteiger partial charge < -0.3 is 5.48 Å². The van der Waals surface area contributed by atoms with Crippen LogP contribution in [0, 0.1) is 35.6 Å². The second-order valence-electron chi connectivity index (χ2n) is 0. The fourth-order valence-electron chi connectivity index (χ4n) is 0. The van der Waals surface area contributed by atoms with E-state index in [0.717, 1.165) is 0 Å². The average Bonchev–Trinajstić information content (AvgIpc) is 0. The molecule has 2 N–H and O–H groups in total. The van der Waals surface area contributed by atoms with Crippen LogP contribution in [0.2, 0.25) is 0 Å². The molecule has 0 fully saturated rings. The molecule has 0 spiro atoms. The van der Waals surface area contributed by atoms with Crippen molar-refractivity contribution in [2.24, 2.45) is 0 Å². The van der Waals surface area contributed by atoms with E-state index in [4.69, 9.17) is 0 Å². The molecule has 0 aliphatic rings. The monoisotopic (exact) mass is 254 g/mol. The molecule has 4 heavy (non-hydrogen) atoms. The predicted octanol–water partition coefficient (Wildman–Crippen LogP) is -1.74. The summed E-state index contributed by atoms with van der Waals surface area (Å²) < 4.78 is 0. The van der Waals surface area contributed by atoms with E-state index in [1.165, 1.54) is 0 Å². The van der Waals surface area contributed by atoms with Gasteiger partial charge in [0, 0.05) is 52.7 Å². The molecule has 0 atom stereocenters. The Labute approximate surface area is 93.7 Å². The molecule has 0 aliphatic heterocycles. The zero-order chi connectivity index (χ0) is 0. The third kappa shape index (κ3) is 8.87. The Morgan fingerprint density at radius 3 is 1.00 bits per heavy atom. The number of rotatable bonds is 0. The molecule has 0 rings (SSSR count). The molecule has 0 aromatic heterocycles. The maximum absolute atomic E-state index is 0. The zero-order valence-corrected chi connectivity index (χ0v) is 6.26. The molecule has 0 saturated heterocycles. The van der Waals surface area contributed by atoms with E-state index in [1.54, 1.807) is 0 Å². The molecule has 0 unspecified atom stereocenters. The first kappa shape index (κ1) is 28.4. The Hall–Kier alpha value is 2.93. The zero-order valence-electron chi connectivity index (χ0n) is 1.46. The van der Waals surface area contributed by atoms with Crippen molar-refractivity contribution >= 4 is 37.7 Å². The van der Waals surface area contributed by atoms with Crippen molar-refractivity contribution in [2.45, 2.75) is 0 Å². The molecule has 0 saturated carbocycles. The fourth-order valence-corrected chi connectivity index (χ4v) is 0. The molecule has 0 amide bonds. The van der Waals surface area contributed by atoms with Crippen molar-refractivity contribution in [2.75, 3.05) is 0 Å². The van der Waals surface area contributed by atoms with E-state index in [2.05, 4.69) is 0 Å². The summed E-state index contributed by atoms with van der Waals surface area (Å²) in [6.07, 6.45) is 0. The molecule has 0 aromatic rings. The largest absolute Gasteiger partial charge is 0 e. The Bertz CT molecular complexity index is 8.00. The van der Waals surface area contributed by atoms with Gasteiger partial charge in [0.1, 0.15) is 0 Å². The van der Waals surface area contributed by atoms with E-state index in [1.807, 2.05) is 0 Å². The molecule has 1 nitrogen and oxygen atoms in total. The topological polar surface area (TPSA) is 31.5 Å². The van der Waals surface area contributed by atoms with E-state index in [-0.39, 0.29) is 95.9 Å². The maximum Gasteiger partial charge on any atom is 0 e. The minimum Gasteiger partial charge on any atom is 0 e. The van der Waals surface area contributed by atoms with Crippen LogP contribution in [0.1, 0.15) is 0 Å². The maximum atomic E-state index is 0. The van der Waals surface area contributed by atoms with Gasteiger partial charge in [-0.3, -0.25) is 0 Å². The summed E-state index contributed by atoms with van der Waals surface area (Å²) in [5, 5.41) is 0. The van der Waals surface area contributed by atoms with Crippen LogP contribution >= 0.6 is 0 Å². The van der Waals surface area contributed by atoms with Crippen molar-refractivity contribution < 1.29 is 58.1 Å². The van der Waals surface area contributed by atoms with Crippen LogP contribution in [0.4, 0.5) is 0 Å². The van der Waals surface area contributed by atoms with Crippen molar-refractivity contribution in [1.82, 2.24) is 0 Å². The molecule has 0 aliphatic carbocycles. The van der Waals surface area contributed by atoms with Crippen molar-refractivity contribution in [3.63, 3.8) is 0 Å². The van der Waals surface area contributed by atoms with Gasteiger partial charge in [-0.2, -0.15) is 0 Å². The van der Waals surface area contributed by atoms with E-state index < -0.39 is 0 Å². The summed E-state index contributed by atoms with van der Waals surface area (Å²) in [6.45, 7) is 0. The summed E-state index contributed by atoms with van der Waals surface area (Å²) in [4.78, 5) is 0. The molecule has 4 heteroatoms. The van der Waals surface area contributed by atoms with Crippen LogP contribution in [0.25, 0.3) is 0 Å². The third-order valence-corrected chi connectivity index (χ3v) is 0. The van der Waals surface area contributed by atoms with Crippen LogP contribution < -0.4 is 0 Å². The van der Waals surface area contributed by atoms with Crippen molar-refractivity contribution in [3.8, 4) is 0 Å². The van der Waals surface area contributed by atoms with Crippen molar-refractivity contribution in [1.29, 1.82) is 0 Å². The quantitative estimate of drug-likeness (QED) is 0.459. The van der Waals surface area contributed by atoms with E-state index in [0.29, 0.717) is 0 Å². The molecule has 0 heterocycles. The van der Waals surface area contributed by atoms with Gasteiger partial charge in [0.05, 0.1) is 0 Å². The SMILES string of the molecule is O.[CaH2].[La].[Mn]. The summed E-state index contributed by atoms with van der Waals surface area (Å²) in [5.41, 5.74) is 0. The number of hydrogen-bond donors (Lipinski definition) is 0. The average molecular weight is 254 g/mol. The number of hydrogen-bond acceptors (Lipinski definition) is 0. The van der Waals surface area contributed by atoms with Crippen LogP contribution in [0.3, 0.4) is 0 Å². The summed E-state index contributed by atoms with van der Waals surface area (Å²) in [6, 6.07) is 0. The molecule has 2 radical (unpaired) electrons. The summed E-state index contributed by atoms with van der Waals surface area (Å²) in [5.74, 6) is 0. The Balaban J connectivity index is 0. The second kappa shape index (κ2) is 16.8. The van der Waals surface area contributed by atoms with Gasteiger partial charge >= 0.3 is 37.7 Å². The van der Waals surface area contributed by atoms with Crippen LogP contribution in [0.5, 0.6) is 0 Å². The van der Waals surface area contributed by atoms with Gasteiger partial charge in [0.15, 0.2) is 0 Å². The molecular weight excluding hydrogens is 250 g/mol.